The van der Waals surface area contributed by atoms with Gasteiger partial charge in [0.05, 0.1) is 11.1 Å². The van der Waals surface area contributed by atoms with Crippen LogP contribution in [0.5, 0.6) is 0 Å². The molecule has 1 aliphatic rings. The van der Waals surface area contributed by atoms with Crippen molar-refractivity contribution in [2.45, 2.75) is 44.6 Å². The molecule has 0 radical (unpaired) electrons. The fraction of sp³-hybridized carbons (Fsp3) is 0.350. The molecule has 29 heavy (non-hydrogen) atoms. The molecule has 1 aromatic carbocycles. The van der Waals surface area contributed by atoms with E-state index in [4.69, 9.17) is 4.42 Å². The lowest BCUT2D eigenvalue weighted by Gasteiger charge is -2.22. The second kappa shape index (κ2) is 9.63. The zero-order chi connectivity index (χ0) is 20.6. The first-order valence-electron chi connectivity index (χ1n) is 9.47. The quantitative estimate of drug-likeness (QED) is 0.321. The van der Waals surface area contributed by atoms with Gasteiger partial charge in [0.25, 0.3) is 5.69 Å². The molecule has 2 N–H and O–H groups in total. The average molecular weight is 398 g/mol. The van der Waals surface area contributed by atoms with Gasteiger partial charge in [0.1, 0.15) is 17.9 Å². The van der Waals surface area contributed by atoms with E-state index in [9.17, 15) is 19.7 Å². The van der Waals surface area contributed by atoms with Gasteiger partial charge in [-0.05, 0) is 25.0 Å². The smallest absolute Gasteiger partial charge is 0.270 e. The SMILES string of the molecule is O=C(CC(=O)NC1CCCCC1)NN=Cc1ccc(-c2cccc([N+](=O)[O-])c2)o1. The summed E-state index contributed by atoms with van der Waals surface area (Å²) in [5.74, 6) is -0.0256. The summed E-state index contributed by atoms with van der Waals surface area (Å²) in [5.41, 5.74) is 2.82. The maximum atomic E-state index is 11.9. The zero-order valence-corrected chi connectivity index (χ0v) is 15.8. The molecule has 2 aromatic rings. The van der Waals surface area contributed by atoms with Crippen molar-refractivity contribution in [1.82, 2.24) is 10.7 Å². The lowest BCUT2D eigenvalue weighted by Crippen LogP contribution is -2.38. The minimum Gasteiger partial charge on any atom is -0.455 e. The molecule has 9 nitrogen and oxygen atoms in total. The number of benzene rings is 1. The Morgan fingerprint density at radius 1 is 1.17 bits per heavy atom. The highest BCUT2D eigenvalue weighted by molar-refractivity contribution is 5.97. The Hall–Kier alpha value is -3.49. The number of hydrazone groups is 1. The van der Waals surface area contributed by atoms with Crippen molar-refractivity contribution in [3.63, 3.8) is 0 Å². The van der Waals surface area contributed by atoms with Crippen LogP contribution < -0.4 is 10.7 Å². The van der Waals surface area contributed by atoms with Gasteiger partial charge in [0, 0.05) is 23.7 Å². The summed E-state index contributed by atoms with van der Waals surface area (Å²) in [6.45, 7) is 0. The molecule has 1 heterocycles. The Kier molecular flexibility index (Phi) is 6.72. The van der Waals surface area contributed by atoms with Crippen LogP contribution in [0.15, 0.2) is 45.9 Å². The largest absolute Gasteiger partial charge is 0.455 e. The number of carbonyl (C=O) groups is 2. The molecule has 1 fully saturated rings. The van der Waals surface area contributed by atoms with Crippen LogP contribution >= 0.6 is 0 Å². The van der Waals surface area contributed by atoms with E-state index in [0.29, 0.717) is 17.1 Å². The van der Waals surface area contributed by atoms with Crippen LogP contribution in [-0.2, 0) is 9.59 Å². The standard InChI is InChI=1S/C20H22N4O5/c25-19(22-15-6-2-1-3-7-15)12-20(26)23-21-13-17-9-10-18(29-17)14-5-4-8-16(11-14)24(27)28/h4-5,8-11,13,15H,1-3,6-7,12H2,(H,22,25)(H,23,26). The Balaban J connectivity index is 1.49. The van der Waals surface area contributed by atoms with Gasteiger partial charge in [-0.25, -0.2) is 5.43 Å². The van der Waals surface area contributed by atoms with Gasteiger partial charge in [-0.3, -0.25) is 19.7 Å². The van der Waals surface area contributed by atoms with Crippen LogP contribution in [0, 0.1) is 10.1 Å². The third-order valence-corrected chi connectivity index (χ3v) is 4.64. The van der Waals surface area contributed by atoms with Gasteiger partial charge < -0.3 is 9.73 Å². The molecule has 1 aliphatic carbocycles. The third-order valence-electron chi connectivity index (χ3n) is 4.64. The van der Waals surface area contributed by atoms with E-state index in [2.05, 4.69) is 15.8 Å². The minimum absolute atomic E-state index is 0.0344. The van der Waals surface area contributed by atoms with E-state index in [1.807, 2.05) is 0 Å². The number of hydrogen-bond donors (Lipinski definition) is 2. The Bertz CT molecular complexity index is 915. The Morgan fingerprint density at radius 2 is 1.97 bits per heavy atom. The molecule has 0 bridgehead atoms. The first kappa shape index (κ1) is 20.2. The molecule has 1 aromatic heterocycles. The molecular formula is C20H22N4O5. The molecule has 0 aliphatic heterocycles. The Morgan fingerprint density at radius 3 is 2.72 bits per heavy atom. The van der Waals surface area contributed by atoms with Crippen molar-refractivity contribution in [1.29, 1.82) is 0 Å². The molecule has 0 unspecified atom stereocenters. The lowest BCUT2D eigenvalue weighted by molar-refractivity contribution is -0.384. The van der Waals surface area contributed by atoms with E-state index in [1.165, 1.54) is 24.8 Å². The maximum Gasteiger partial charge on any atom is 0.270 e. The summed E-state index contributed by atoms with van der Waals surface area (Å²) >= 11 is 0. The van der Waals surface area contributed by atoms with E-state index in [1.54, 1.807) is 24.3 Å². The van der Waals surface area contributed by atoms with Crippen molar-refractivity contribution < 1.29 is 18.9 Å². The summed E-state index contributed by atoms with van der Waals surface area (Å²) in [4.78, 5) is 34.1. The van der Waals surface area contributed by atoms with Crippen molar-refractivity contribution in [2.24, 2.45) is 5.10 Å². The number of nitro benzene ring substituents is 1. The number of non-ortho nitro benzene ring substituents is 1. The first-order chi connectivity index (χ1) is 14.0. The van der Waals surface area contributed by atoms with Gasteiger partial charge in [0.2, 0.25) is 11.8 Å². The summed E-state index contributed by atoms with van der Waals surface area (Å²) in [7, 11) is 0. The number of amides is 2. The van der Waals surface area contributed by atoms with Crippen LogP contribution in [0.3, 0.4) is 0 Å². The second-order valence-electron chi connectivity index (χ2n) is 6.88. The molecular weight excluding hydrogens is 376 g/mol. The number of nitrogens with zero attached hydrogens (tertiary/aromatic N) is 2. The highest BCUT2D eigenvalue weighted by Gasteiger charge is 2.17. The highest BCUT2D eigenvalue weighted by Crippen LogP contribution is 2.25. The lowest BCUT2D eigenvalue weighted by atomic mass is 9.95. The fourth-order valence-electron chi connectivity index (χ4n) is 3.23. The zero-order valence-electron chi connectivity index (χ0n) is 15.8. The van der Waals surface area contributed by atoms with Crippen LogP contribution in [0.25, 0.3) is 11.3 Å². The van der Waals surface area contributed by atoms with Crippen molar-refractivity contribution in [3.8, 4) is 11.3 Å². The van der Waals surface area contributed by atoms with Crippen molar-refractivity contribution in [2.75, 3.05) is 0 Å². The van der Waals surface area contributed by atoms with E-state index >= 15 is 0 Å². The molecule has 0 atom stereocenters. The van der Waals surface area contributed by atoms with Gasteiger partial charge in [-0.15, -0.1) is 0 Å². The molecule has 0 spiro atoms. The van der Waals surface area contributed by atoms with E-state index in [0.717, 1.165) is 25.7 Å². The van der Waals surface area contributed by atoms with Crippen molar-refractivity contribution in [3.05, 3.63) is 52.3 Å². The van der Waals surface area contributed by atoms with Gasteiger partial charge in [-0.2, -0.15) is 5.10 Å². The van der Waals surface area contributed by atoms with Crippen molar-refractivity contribution >= 4 is 23.7 Å². The maximum absolute atomic E-state index is 11.9. The molecule has 9 heteroatoms. The third kappa shape index (κ3) is 6.00. The van der Waals surface area contributed by atoms with Gasteiger partial charge in [0.15, 0.2) is 0 Å². The summed E-state index contributed by atoms with van der Waals surface area (Å²) < 4.78 is 5.57. The molecule has 3 rings (SSSR count). The minimum atomic E-state index is -0.514. The van der Waals surface area contributed by atoms with Crippen LogP contribution in [0.4, 0.5) is 5.69 Å². The number of nitrogens with one attached hydrogen (secondary N) is 2. The summed E-state index contributed by atoms with van der Waals surface area (Å²) in [6, 6.07) is 9.51. The predicted octanol–water partition coefficient (Wildman–Crippen LogP) is 3.14. The second-order valence-corrected chi connectivity index (χ2v) is 6.88. The topological polar surface area (TPSA) is 127 Å². The number of nitro groups is 1. The molecule has 152 valence electrons. The van der Waals surface area contributed by atoms with E-state index < -0.39 is 10.8 Å². The number of rotatable bonds is 7. The number of hydrogen-bond acceptors (Lipinski definition) is 6. The molecule has 1 saturated carbocycles. The predicted molar refractivity (Wildman–Crippen MR) is 106 cm³/mol. The number of furan rings is 1. The van der Waals surface area contributed by atoms with Crippen LogP contribution in [-0.4, -0.2) is 29.0 Å². The normalized spacial score (nSPS) is 14.6. The van der Waals surface area contributed by atoms with Gasteiger partial charge >= 0.3 is 0 Å². The summed E-state index contributed by atoms with van der Waals surface area (Å²) in [5, 5.41) is 17.5. The number of carbonyl (C=O) groups excluding carboxylic acids is 2. The molecule has 0 saturated heterocycles. The van der Waals surface area contributed by atoms with Gasteiger partial charge in [-0.1, -0.05) is 31.4 Å². The average Bonchev–Trinajstić information content (AvgIpc) is 3.17. The first-order valence-corrected chi connectivity index (χ1v) is 9.47. The molecule has 2 amide bonds. The van der Waals surface area contributed by atoms with E-state index in [-0.39, 0.29) is 24.1 Å². The highest BCUT2D eigenvalue weighted by atomic mass is 16.6. The van der Waals surface area contributed by atoms with Crippen LogP contribution in [0.1, 0.15) is 44.3 Å². The van der Waals surface area contributed by atoms with Crippen LogP contribution in [0.2, 0.25) is 0 Å². The fourth-order valence-corrected chi connectivity index (χ4v) is 3.23. The Labute approximate surface area is 167 Å². The summed E-state index contributed by atoms with van der Waals surface area (Å²) in [6.07, 6.45) is 6.32. The monoisotopic (exact) mass is 398 g/mol.